The molecule has 1 unspecified atom stereocenters. The molecule has 0 amide bonds. The summed E-state index contributed by atoms with van der Waals surface area (Å²) >= 11 is 0. The zero-order valence-electron chi connectivity index (χ0n) is 12.1. The highest BCUT2D eigenvalue weighted by Crippen LogP contribution is 2.08. The molecule has 0 saturated heterocycles. The largest absolute Gasteiger partial charge is 0.481 e. The van der Waals surface area contributed by atoms with E-state index in [1.165, 1.54) is 31.4 Å². The number of hydrogen-bond donors (Lipinski definition) is 2. The van der Waals surface area contributed by atoms with Crippen molar-refractivity contribution >= 4 is 5.97 Å². The van der Waals surface area contributed by atoms with Gasteiger partial charge in [0.05, 0.1) is 6.42 Å². The number of carboxylic acid groups (broad SMARTS) is 1. The molecule has 2 N–H and O–H groups in total. The van der Waals surface area contributed by atoms with E-state index >= 15 is 0 Å². The first-order valence-corrected chi connectivity index (χ1v) is 7.31. The number of rotatable bonds is 10. The number of unbranched alkanes of at least 4 members (excludes halogenated alkanes) is 3. The van der Waals surface area contributed by atoms with Crippen molar-refractivity contribution in [2.75, 3.05) is 6.54 Å². The van der Waals surface area contributed by atoms with Crippen molar-refractivity contribution in [1.82, 2.24) is 5.32 Å². The summed E-state index contributed by atoms with van der Waals surface area (Å²) in [6.07, 6.45) is 5.33. The van der Waals surface area contributed by atoms with Gasteiger partial charge in [-0.15, -0.1) is 0 Å². The summed E-state index contributed by atoms with van der Waals surface area (Å²) in [6.45, 7) is 2.99. The van der Waals surface area contributed by atoms with E-state index in [1.54, 1.807) is 12.1 Å². The average molecular weight is 281 g/mol. The average Bonchev–Trinajstić information content (AvgIpc) is 2.40. The SMILES string of the molecule is CCCCCCNC(CC(=O)O)Cc1ccc(F)cc1. The lowest BCUT2D eigenvalue weighted by Crippen LogP contribution is -2.34. The van der Waals surface area contributed by atoms with Crippen LogP contribution in [0.2, 0.25) is 0 Å². The van der Waals surface area contributed by atoms with Gasteiger partial charge < -0.3 is 10.4 Å². The van der Waals surface area contributed by atoms with Crippen LogP contribution in [-0.2, 0) is 11.2 Å². The van der Waals surface area contributed by atoms with Crippen LogP contribution in [0.25, 0.3) is 0 Å². The van der Waals surface area contributed by atoms with E-state index in [2.05, 4.69) is 12.2 Å². The lowest BCUT2D eigenvalue weighted by atomic mass is 10.0. The zero-order chi connectivity index (χ0) is 14.8. The molecule has 1 rings (SSSR count). The molecular formula is C16H24FNO2. The first-order chi connectivity index (χ1) is 9.61. The molecular weight excluding hydrogens is 257 g/mol. The fraction of sp³-hybridized carbons (Fsp3) is 0.562. The van der Waals surface area contributed by atoms with E-state index < -0.39 is 5.97 Å². The maximum absolute atomic E-state index is 12.8. The van der Waals surface area contributed by atoms with E-state index in [1.807, 2.05) is 0 Å². The second kappa shape index (κ2) is 9.48. The Morgan fingerprint density at radius 1 is 1.25 bits per heavy atom. The third-order valence-electron chi connectivity index (χ3n) is 3.28. The summed E-state index contributed by atoms with van der Waals surface area (Å²) in [7, 11) is 0. The summed E-state index contributed by atoms with van der Waals surface area (Å²) in [5.74, 6) is -1.07. The molecule has 0 aliphatic heterocycles. The Morgan fingerprint density at radius 2 is 1.95 bits per heavy atom. The van der Waals surface area contributed by atoms with Crippen LogP contribution in [0.15, 0.2) is 24.3 Å². The van der Waals surface area contributed by atoms with Gasteiger partial charge in [0.15, 0.2) is 0 Å². The maximum atomic E-state index is 12.8. The number of nitrogens with one attached hydrogen (secondary N) is 1. The Balaban J connectivity index is 2.42. The van der Waals surface area contributed by atoms with Gasteiger partial charge in [0.1, 0.15) is 5.82 Å². The molecule has 0 aromatic heterocycles. The highest BCUT2D eigenvalue weighted by Gasteiger charge is 2.13. The zero-order valence-corrected chi connectivity index (χ0v) is 12.1. The first kappa shape index (κ1) is 16.6. The maximum Gasteiger partial charge on any atom is 0.304 e. The van der Waals surface area contributed by atoms with Gasteiger partial charge in [-0.2, -0.15) is 0 Å². The summed E-state index contributed by atoms with van der Waals surface area (Å²) < 4.78 is 12.8. The van der Waals surface area contributed by atoms with Gasteiger partial charge in [0, 0.05) is 6.04 Å². The van der Waals surface area contributed by atoms with Crippen LogP contribution in [0.4, 0.5) is 4.39 Å². The molecule has 20 heavy (non-hydrogen) atoms. The molecule has 1 atom stereocenters. The van der Waals surface area contributed by atoms with Gasteiger partial charge in [0.25, 0.3) is 0 Å². The predicted molar refractivity (Wildman–Crippen MR) is 78.3 cm³/mol. The van der Waals surface area contributed by atoms with E-state index in [4.69, 9.17) is 5.11 Å². The number of carboxylic acids is 1. The number of aliphatic carboxylic acids is 1. The molecule has 0 saturated carbocycles. The van der Waals surface area contributed by atoms with Crippen molar-refractivity contribution in [3.63, 3.8) is 0 Å². The molecule has 1 aromatic carbocycles. The van der Waals surface area contributed by atoms with Crippen molar-refractivity contribution in [3.05, 3.63) is 35.6 Å². The van der Waals surface area contributed by atoms with Crippen molar-refractivity contribution < 1.29 is 14.3 Å². The van der Waals surface area contributed by atoms with Crippen molar-refractivity contribution in [3.8, 4) is 0 Å². The summed E-state index contributed by atoms with van der Waals surface area (Å²) in [5.41, 5.74) is 0.957. The van der Waals surface area contributed by atoms with E-state index in [9.17, 15) is 9.18 Å². The van der Waals surface area contributed by atoms with Crippen LogP contribution in [0, 0.1) is 5.82 Å². The number of carbonyl (C=O) groups is 1. The minimum atomic E-state index is -0.807. The second-order valence-electron chi connectivity index (χ2n) is 5.14. The molecule has 4 heteroatoms. The monoisotopic (exact) mass is 281 g/mol. The van der Waals surface area contributed by atoms with Gasteiger partial charge in [-0.25, -0.2) is 4.39 Å². The van der Waals surface area contributed by atoms with Crippen molar-refractivity contribution in [2.24, 2.45) is 0 Å². The van der Waals surface area contributed by atoms with Gasteiger partial charge >= 0.3 is 5.97 Å². The van der Waals surface area contributed by atoms with E-state index in [-0.39, 0.29) is 18.3 Å². The molecule has 0 radical (unpaired) electrons. The quantitative estimate of drug-likeness (QED) is 0.646. The van der Waals surface area contributed by atoms with Crippen LogP contribution >= 0.6 is 0 Å². The molecule has 112 valence electrons. The Bertz CT molecular complexity index is 392. The summed E-state index contributed by atoms with van der Waals surface area (Å²) in [4.78, 5) is 10.9. The van der Waals surface area contributed by atoms with E-state index in [0.717, 1.165) is 18.5 Å². The third kappa shape index (κ3) is 7.24. The van der Waals surface area contributed by atoms with Crippen LogP contribution < -0.4 is 5.32 Å². The Kier molecular flexibility index (Phi) is 7.88. The normalized spacial score (nSPS) is 12.3. The number of benzene rings is 1. The van der Waals surface area contributed by atoms with Gasteiger partial charge in [-0.3, -0.25) is 4.79 Å². The van der Waals surface area contributed by atoms with E-state index in [0.29, 0.717) is 6.42 Å². The van der Waals surface area contributed by atoms with Crippen LogP contribution in [0.3, 0.4) is 0 Å². The predicted octanol–water partition coefficient (Wildman–Crippen LogP) is 3.38. The Morgan fingerprint density at radius 3 is 2.55 bits per heavy atom. The molecule has 0 aliphatic rings. The van der Waals surface area contributed by atoms with Crippen molar-refractivity contribution in [2.45, 2.75) is 51.5 Å². The smallest absolute Gasteiger partial charge is 0.304 e. The van der Waals surface area contributed by atoms with Crippen LogP contribution in [0.5, 0.6) is 0 Å². The lowest BCUT2D eigenvalue weighted by molar-refractivity contribution is -0.137. The van der Waals surface area contributed by atoms with Crippen LogP contribution in [0.1, 0.15) is 44.6 Å². The van der Waals surface area contributed by atoms with Crippen molar-refractivity contribution in [1.29, 1.82) is 0 Å². The van der Waals surface area contributed by atoms with Gasteiger partial charge in [0.2, 0.25) is 0 Å². The molecule has 1 aromatic rings. The summed E-state index contributed by atoms with van der Waals surface area (Å²) in [5, 5.41) is 12.2. The Hall–Kier alpha value is -1.42. The standard InChI is InChI=1S/C16H24FNO2/c1-2-3-4-5-10-18-15(12-16(19)20)11-13-6-8-14(17)9-7-13/h6-9,15,18H,2-5,10-12H2,1H3,(H,19,20). The number of hydrogen-bond acceptors (Lipinski definition) is 2. The molecule has 0 heterocycles. The first-order valence-electron chi connectivity index (χ1n) is 7.31. The number of halogens is 1. The fourth-order valence-corrected chi connectivity index (χ4v) is 2.19. The minimum absolute atomic E-state index is 0.0884. The molecule has 0 aliphatic carbocycles. The fourth-order valence-electron chi connectivity index (χ4n) is 2.19. The lowest BCUT2D eigenvalue weighted by Gasteiger charge is -2.17. The summed E-state index contributed by atoms with van der Waals surface area (Å²) in [6, 6.07) is 6.15. The Labute approximate surface area is 120 Å². The van der Waals surface area contributed by atoms with Gasteiger partial charge in [-0.1, -0.05) is 38.3 Å². The highest BCUT2D eigenvalue weighted by atomic mass is 19.1. The molecule has 0 spiro atoms. The molecule has 0 bridgehead atoms. The minimum Gasteiger partial charge on any atom is -0.481 e. The topological polar surface area (TPSA) is 49.3 Å². The molecule has 3 nitrogen and oxygen atoms in total. The van der Waals surface area contributed by atoms with Crippen LogP contribution in [-0.4, -0.2) is 23.7 Å². The molecule has 0 fully saturated rings. The second-order valence-corrected chi connectivity index (χ2v) is 5.14. The van der Waals surface area contributed by atoms with Gasteiger partial charge in [-0.05, 0) is 37.1 Å². The third-order valence-corrected chi connectivity index (χ3v) is 3.28. The highest BCUT2D eigenvalue weighted by molar-refractivity contribution is 5.67.